The van der Waals surface area contributed by atoms with Gasteiger partial charge in [-0.3, -0.25) is 0 Å². The van der Waals surface area contributed by atoms with E-state index in [0.29, 0.717) is 12.7 Å². The van der Waals surface area contributed by atoms with Crippen molar-refractivity contribution in [1.29, 1.82) is 0 Å². The first-order valence-corrected chi connectivity index (χ1v) is 6.93. The van der Waals surface area contributed by atoms with E-state index in [-0.39, 0.29) is 6.04 Å². The summed E-state index contributed by atoms with van der Waals surface area (Å²) in [5, 5.41) is 0. The number of nitrogens with zero attached hydrogens (tertiary/aromatic N) is 2. The highest BCUT2D eigenvalue weighted by molar-refractivity contribution is 5.64. The minimum Gasteiger partial charge on any atom is -0.454 e. The van der Waals surface area contributed by atoms with Gasteiger partial charge in [0.25, 0.3) is 0 Å². The third kappa shape index (κ3) is 1.78. The molecule has 4 rings (SSSR count). The van der Waals surface area contributed by atoms with Gasteiger partial charge < -0.3 is 19.8 Å². The van der Waals surface area contributed by atoms with Crippen LogP contribution in [-0.4, -0.2) is 16.3 Å². The van der Waals surface area contributed by atoms with E-state index in [1.165, 1.54) is 0 Å². The van der Waals surface area contributed by atoms with E-state index in [1.54, 1.807) is 0 Å². The monoisotopic (exact) mass is 271 g/mol. The molecule has 0 fully saturated rings. The summed E-state index contributed by atoms with van der Waals surface area (Å²) in [4.78, 5) is 4.70. The average Bonchev–Trinajstić information content (AvgIpc) is 3.03. The maximum atomic E-state index is 6.19. The molecule has 0 spiro atoms. The van der Waals surface area contributed by atoms with Crippen LogP contribution in [0.1, 0.15) is 25.2 Å². The van der Waals surface area contributed by atoms with Gasteiger partial charge in [0.15, 0.2) is 11.5 Å². The van der Waals surface area contributed by atoms with E-state index in [2.05, 4.69) is 17.7 Å². The van der Waals surface area contributed by atoms with E-state index in [1.807, 2.05) is 18.2 Å². The molecule has 2 aliphatic heterocycles. The number of benzene rings is 1. The molecule has 0 bridgehead atoms. The average molecular weight is 271 g/mol. The molecule has 5 nitrogen and oxygen atoms in total. The van der Waals surface area contributed by atoms with Crippen molar-refractivity contribution in [3.05, 3.63) is 30.2 Å². The Balaban J connectivity index is 1.75. The molecule has 104 valence electrons. The summed E-state index contributed by atoms with van der Waals surface area (Å²) >= 11 is 0. The van der Waals surface area contributed by atoms with Crippen molar-refractivity contribution in [3.63, 3.8) is 0 Å². The number of nitrogens with two attached hydrogens (primary N) is 1. The van der Waals surface area contributed by atoms with Crippen LogP contribution in [0.5, 0.6) is 11.5 Å². The molecule has 0 saturated carbocycles. The van der Waals surface area contributed by atoms with Gasteiger partial charge in [-0.1, -0.05) is 6.92 Å². The SMILES string of the molecule is CC1CC(N)c2nc(-c3ccc4c(c3)OCO4)cn2C1. The highest BCUT2D eigenvalue weighted by Crippen LogP contribution is 2.36. The van der Waals surface area contributed by atoms with Crippen LogP contribution in [-0.2, 0) is 6.54 Å². The van der Waals surface area contributed by atoms with Gasteiger partial charge >= 0.3 is 0 Å². The van der Waals surface area contributed by atoms with Crippen LogP contribution in [0.25, 0.3) is 11.3 Å². The molecule has 0 aliphatic carbocycles. The van der Waals surface area contributed by atoms with Crippen LogP contribution >= 0.6 is 0 Å². The molecule has 20 heavy (non-hydrogen) atoms. The summed E-state index contributed by atoms with van der Waals surface area (Å²) in [5.74, 6) is 3.15. The molecular weight excluding hydrogens is 254 g/mol. The second-order valence-electron chi connectivity index (χ2n) is 5.65. The second-order valence-corrected chi connectivity index (χ2v) is 5.65. The lowest BCUT2D eigenvalue weighted by molar-refractivity contribution is 0.174. The normalized spacial score (nSPS) is 23.7. The van der Waals surface area contributed by atoms with Gasteiger partial charge in [-0.25, -0.2) is 4.98 Å². The van der Waals surface area contributed by atoms with Crippen LogP contribution in [0.4, 0.5) is 0 Å². The van der Waals surface area contributed by atoms with E-state index in [4.69, 9.17) is 20.2 Å². The minimum atomic E-state index is 0.0292. The Kier molecular flexibility index (Phi) is 2.50. The summed E-state index contributed by atoms with van der Waals surface area (Å²) in [7, 11) is 0. The summed E-state index contributed by atoms with van der Waals surface area (Å²) in [6, 6.07) is 5.95. The predicted molar refractivity (Wildman–Crippen MR) is 74.5 cm³/mol. The van der Waals surface area contributed by atoms with Gasteiger partial charge in [-0.15, -0.1) is 0 Å². The summed E-state index contributed by atoms with van der Waals surface area (Å²) in [6.45, 7) is 3.50. The van der Waals surface area contributed by atoms with E-state index in [0.717, 1.165) is 41.5 Å². The molecule has 2 N–H and O–H groups in total. The Labute approximate surface area is 117 Å². The minimum absolute atomic E-state index is 0.0292. The van der Waals surface area contributed by atoms with Crippen LogP contribution < -0.4 is 15.2 Å². The predicted octanol–water partition coefficient (Wildman–Crippen LogP) is 2.32. The van der Waals surface area contributed by atoms with Gasteiger partial charge in [0, 0.05) is 18.3 Å². The Morgan fingerprint density at radius 2 is 2.15 bits per heavy atom. The van der Waals surface area contributed by atoms with Crippen molar-refractivity contribution in [2.75, 3.05) is 6.79 Å². The third-order valence-electron chi connectivity index (χ3n) is 3.97. The molecule has 2 unspecified atom stereocenters. The van der Waals surface area contributed by atoms with E-state index >= 15 is 0 Å². The molecular formula is C15H17N3O2. The summed E-state index contributed by atoms with van der Waals surface area (Å²) in [6.07, 6.45) is 3.08. The maximum Gasteiger partial charge on any atom is 0.231 e. The fraction of sp³-hybridized carbons (Fsp3) is 0.400. The first kappa shape index (κ1) is 11.8. The number of fused-ring (bicyclic) bond motifs is 2. The number of rotatable bonds is 1. The van der Waals surface area contributed by atoms with Crippen molar-refractivity contribution >= 4 is 0 Å². The Morgan fingerprint density at radius 3 is 3.05 bits per heavy atom. The van der Waals surface area contributed by atoms with Gasteiger partial charge in [0.2, 0.25) is 6.79 Å². The summed E-state index contributed by atoms with van der Waals surface area (Å²) < 4.78 is 12.9. The molecule has 5 heteroatoms. The highest BCUT2D eigenvalue weighted by Gasteiger charge is 2.25. The first-order valence-electron chi connectivity index (χ1n) is 6.93. The molecule has 0 amide bonds. The molecule has 2 aromatic rings. The quantitative estimate of drug-likeness (QED) is 0.864. The Morgan fingerprint density at radius 1 is 1.30 bits per heavy atom. The molecule has 0 radical (unpaired) electrons. The Bertz CT molecular complexity index is 665. The fourth-order valence-electron chi connectivity index (χ4n) is 3.02. The number of hydrogen-bond acceptors (Lipinski definition) is 4. The third-order valence-corrected chi connectivity index (χ3v) is 3.97. The van der Waals surface area contributed by atoms with Gasteiger partial charge in [0.1, 0.15) is 5.82 Å². The first-order chi connectivity index (χ1) is 9.70. The molecule has 1 aromatic carbocycles. The van der Waals surface area contributed by atoms with Gasteiger partial charge in [-0.05, 0) is 30.5 Å². The number of ether oxygens (including phenoxy) is 2. The Hall–Kier alpha value is -2.01. The van der Waals surface area contributed by atoms with Crippen molar-refractivity contribution in [2.45, 2.75) is 25.9 Å². The smallest absolute Gasteiger partial charge is 0.231 e. The summed E-state index contributed by atoms with van der Waals surface area (Å²) in [5.41, 5.74) is 8.18. The zero-order valence-electron chi connectivity index (χ0n) is 11.4. The molecule has 2 aliphatic rings. The van der Waals surface area contributed by atoms with Crippen LogP contribution in [0.3, 0.4) is 0 Å². The highest BCUT2D eigenvalue weighted by atomic mass is 16.7. The molecule has 0 saturated heterocycles. The van der Waals surface area contributed by atoms with E-state index < -0.39 is 0 Å². The standard InChI is InChI=1S/C15H17N3O2/c1-9-4-11(16)15-17-12(7-18(15)6-9)10-2-3-13-14(5-10)20-8-19-13/h2-3,5,7,9,11H,4,6,8,16H2,1H3. The van der Waals surface area contributed by atoms with Crippen LogP contribution in [0, 0.1) is 5.92 Å². The lowest BCUT2D eigenvalue weighted by Crippen LogP contribution is -2.26. The van der Waals surface area contributed by atoms with Crippen LogP contribution in [0.2, 0.25) is 0 Å². The fourth-order valence-corrected chi connectivity index (χ4v) is 3.02. The number of aromatic nitrogens is 2. The molecule has 2 atom stereocenters. The zero-order valence-corrected chi connectivity index (χ0v) is 11.4. The topological polar surface area (TPSA) is 62.3 Å². The molecule has 3 heterocycles. The van der Waals surface area contributed by atoms with Gasteiger partial charge in [-0.2, -0.15) is 0 Å². The van der Waals surface area contributed by atoms with Crippen molar-refractivity contribution in [2.24, 2.45) is 11.7 Å². The lowest BCUT2D eigenvalue weighted by Gasteiger charge is -2.25. The van der Waals surface area contributed by atoms with Crippen molar-refractivity contribution in [1.82, 2.24) is 9.55 Å². The van der Waals surface area contributed by atoms with E-state index in [9.17, 15) is 0 Å². The number of hydrogen-bond donors (Lipinski definition) is 1. The number of imidazole rings is 1. The largest absolute Gasteiger partial charge is 0.454 e. The lowest BCUT2D eigenvalue weighted by atomic mass is 9.98. The maximum absolute atomic E-state index is 6.19. The van der Waals surface area contributed by atoms with Crippen molar-refractivity contribution in [3.8, 4) is 22.8 Å². The molecule has 1 aromatic heterocycles. The van der Waals surface area contributed by atoms with Crippen molar-refractivity contribution < 1.29 is 9.47 Å². The second kappa shape index (κ2) is 4.24. The van der Waals surface area contributed by atoms with Gasteiger partial charge in [0.05, 0.1) is 11.7 Å². The van der Waals surface area contributed by atoms with Crippen LogP contribution in [0.15, 0.2) is 24.4 Å². The zero-order chi connectivity index (χ0) is 13.7.